The molecule has 0 saturated heterocycles. The van der Waals surface area contributed by atoms with E-state index in [2.05, 4.69) is 15.5 Å². The molecule has 1 amide bonds. The first-order valence-electron chi connectivity index (χ1n) is 10.3. The molecule has 0 radical (unpaired) electrons. The van der Waals surface area contributed by atoms with Crippen LogP contribution < -0.4 is 5.32 Å². The van der Waals surface area contributed by atoms with Crippen LogP contribution in [-0.4, -0.2) is 27.2 Å². The van der Waals surface area contributed by atoms with Gasteiger partial charge in [-0.15, -0.1) is 10.2 Å². The van der Waals surface area contributed by atoms with Crippen molar-refractivity contribution >= 4 is 17.7 Å². The largest absolute Gasteiger partial charge is 0.461 e. The van der Waals surface area contributed by atoms with Gasteiger partial charge in [0.1, 0.15) is 5.82 Å². The van der Waals surface area contributed by atoms with Gasteiger partial charge in [-0.3, -0.25) is 9.36 Å². The number of benzene rings is 2. The first-order valence-corrected chi connectivity index (χ1v) is 11.3. The topological polar surface area (TPSA) is 73.0 Å². The van der Waals surface area contributed by atoms with Crippen molar-refractivity contribution in [2.24, 2.45) is 5.92 Å². The molecule has 4 rings (SSSR count). The summed E-state index contributed by atoms with van der Waals surface area (Å²) in [5.41, 5.74) is 1.81. The second-order valence-electron chi connectivity index (χ2n) is 7.62. The number of aromatic nitrogens is 3. The average Bonchev–Trinajstić information content (AvgIpc) is 3.46. The average molecular weight is 451 g/mol. The summed E-state index contributed by atoms with van der Waals surface area (Å²) in [6.45, 7) is 4.71. The Morgan fingerprint density at radius 1 is 1.09 bits per heavy atom. The molecule has 0 aliphatic heterocycles. The molecule has 164 valence electrons. The first-order chi connectivity index (χ1) is 15.5. The molecule has 0 saturated carbocycles. The third-order valence-corrected chi connectivity index (χ3v) is 5.74. The second-order valence-corrected chi connectivity index (χ2v) is 8.56. The third kappa shape index (κ3) is 4.75. The molecule has 0 aliphatic rings. The highest BCUT2D eigenvalue weighted by Gasteiger charge is 2.21. The lowest BCUT2D eigenvalue weighted by atomic mass is 10.1. The van der Waals surface area contributed by atoms with Crippen LogP contribution in [0.25, 0.3) is 17.3 Å². The maximum absolute atomic E-state index is 14.7. The summed E-state index contributed by atoms with van der Waals surface area (Å²) in [6, 6.07) is 17.4. The van der Waals surface area contributed by atoms with E-state index in [0.29, 0.717) is 46.2 Å². The lowest BCUT2D eigenvalue weighted by Crippen LogP contribution is -2.28. The number of furan rings is 1. The SMILES string of the molecule is CC(C)CNC(=O)c1ccccc1CSc1nnc(-c2ccco2)n1-c1ccccc1F. The van der Waals surface area contributed by atoms with Crippen molar-refractivity contribution in [1.82, 2.24) is 20.1 Å². The molecule has 0 bridgehead atoms. The summed E-state index contributed by atoms with van der Waals surface area (Å²) in [7, 11) is 0. The number of amides is 1. The fourth-order valence-corrected chi connectivity index (χ4v) is 4.13. The van der Waals surface area contributed by atoms with E-state index in [-0.39, 0.29) is 5.91 Å². The maximum atomic E-state index is 14.7. The van der Waals surface area contributed by atoms with Gasteiger partial charge in [0.25, 0.3) is 5.91 Å². The van der Waals surface area contributed by atoms with E-state index >= 15 is 0 Å². The minimum Gasteiger partial charge on any atom is -0.461 e. The molecule has 6 nitrogen and oxygen atoms in total. The molecule has 32 heavy (non-hydrogen) atoms. The molecule has 2 aromatic heterocycles. The van der Waals surface area contributed by atoms with Gasteiger partial charge in [0.2, 0.25) is 5.82 Å². The van der Waals surface area contributed by atoms with Crippen LogP contribution in [0.5, 0.6) is 0 Å². The van der Waals surface area contributed by atoms with Crippen LogP contribution in [-0.2, 0) is 5.75 Å². The highest BCUT2D eigenvalue weighted by Crippen LogP contribution is 2.31. The summed E-state index contributed by atoms with van der Waals surface area (Å²) in [5, 5.41) is 12.0. The van der Waals surface area contributed by atoms with Gasteiger partial charge in [-0.2, -0.15) is 0 Å². The lowest BCUT2D eigenvalue weighted by Gasteiger charge is -2.12. The van der Waals surface area contributed by atoms with Gasteiger partial charge in [0.15, 0.2) is 10.9 Å². The highest BCUT2D eigenvalue weighted by molar-refractivity contribution is 7.98. The van der Waals surface area contributed by atoms with E-state index in [1.54, 1.807) is 41.0 Å². The molecule has 0 unspecified atom stereocenters. The van der Waals surface area contributed by atoms with Crippen molar-refractivity contribution in [3.8, 4) is 17.3 Å². The molecule has 2 aromatic carbocycles. The van der Waals surface area contributed by atoms with Crippen LogP contribution in [0.1, 0.15) is 29.8 Å². The summed E-state index contributed by atoms with van der Waals surface area (Å²) in [4.78, 5) is 12.7. The van der Waals surface area contributed by atoms with Crippen molar-refractivity contribution in [3.63, 3.8) is 0 Å². The number of carbonyl (C=O) groups is 1. The van der Waals surface area contributed by atoms with E-state index in [9.17, 15) is 9.18 Å². The Balaban J connectivity index is 1.64. The van der Waals surface area contributed by atoms with E-state index in [0.717, 1.165) is 5.56 Å². The van der Waals surface area contributed by atoms with Gasteiger partial charge in [0, 0.05) is 17.9 Å². The van der Waals surface area contributed by atoms with Gasteiger partial charge >= 0.3 is 0 Å². The Morgan fingerprint density at radius 3 is 2.62 bits per heavy atom. The zero-order valence-corrected chi connectivity index (χ0v) is 18.6. The number of halogens is 1. The zero-order valence-electron chi connectivity index (χ0n) is 17.8. The summed E-state index contributed by atoms with van der Waals surface area (Å²) >= 11 is 1.38. The third-order valence-electron chi connectivity index (χ3n) is 4.76. The second kappa shape index (κ2) is 9.82. The molecular formula is C24H23FN4O2S. The monoisotopic (exact) mass is 450 g/mol. The predicted octanol–water partition coefficient (Wildman–Crippen LogP) is 5.34. The van der Waals surface area contributed by atoms with Gasteiger partial charge in [-0.05, 0) is 41.8 Å². The number of para-hydroxylation sites is 1. The van der Waals surface area contributed by atoms with Crippen LogP contribution in [0.4, 0.5) is 4.39 Å². The predicted molar refractivity (Wildman–Crippen MR) is 122 cm³/mol. The number of thioether (sulfide) groups is 1. The molecule has 0 atom stereocenters. The Kier molecular flexibility index (Phi) is 6.70. The molecule has 1 N–H and O–H groups in total. The van der Waals surface area contributed by atoms with E-state index in [1.807, 2.05) is 32.0 Å². The van der Waals surface area contributed by atoms with Crippen LogP contribution in [0.3, 0.4) is 0 Å². The fraction of sp³-hybridized carbons (Fsp3) is 0.208. The number of carbonyl (C=O) groups excluding carboxylic acids is 1. The molecule has 8 heteroatoms. The smallest absolute Gasteiger partial charge is 0.251 e. The molecule has 0 fully saturated rings. The molecule has 0 spiro atoms. The van der Waals surface area contributed by atoms with Crippen molar-refractivity contribution in [1.29, 1.82) is 0 Å². The molecular weight excluding hydrogens is 427 g/mol. The van der Waals surface area contributed by atoms with Crippen molar-refractivity contribution in [3.05, 3.63) is 83.9 Å². The minimum absolute atomic E-state index is 0.109. The fourth-order valence-electron chi connectivity index (χ4n) is 3.18. The van der Waals surface area contributed by atoms with Gasteiger partial charge in [0.05, 0.1) is 12.0 Å². The Bertz CT molecular complexity index is 1200. The van der Waals surface area contributed by atoms with Crippen LogP contribution in [0.2, 0.25) is 0 Å². The Labute approximate surface area is 189 Å². The van der Waals surface area contributed by atoms with Crippen LogP contribution in [0, 0.1) is 11.7 Å². The number of hydrogen-bond donors (Lipinski definition) is 1. The Hall–Kier alpha value is -3.39. The van der Waals surface area contributed by atoms with E-state index in [4.69, 9.17) is 4.42 Å². The minimum atomic E-state index is -0.393. The summed E-state index contributed by atoms with van der Waals surface area (Å²) < 4.78 is 21.8. The molecule has 0 aliphatic carbocycles. The number of nitrogens with zero attached hydrogens (tertiary/aromatic N) is 3. The zero-order chi connectivity index (χ0) is 22.5. The van der Waals surface area contributed by atoms with Crippen molar-refractivity contribution in [2.45, 2.75) is 24.8 Å². The molecule has 2 heterocycles. The quantitative estimate of drug-likeness (QED) is 0.367. The van der Waals surface area contributed by atoms with E-state index in [1.165, 1.54) is 24.1 Å². The summed E-state index contributed by atoms with van der Waals surface area (Å²) in [5.74, 6) is 1.22. The number of nitrogens with one attached hydrogen (secondary N) is 1. The normalized spacial score (nSPS) is 11.1. The first kappa shape index (κ1) is 21.8. The molecule has 4 aromatic rings. The Morgan fingerprint density at radius 2 is 1.88 bits per heavy atom. The van der Waals surface area contributed by atoms with Crippen LogP contribution >= 0.6 is 11.8 Å². The number of rotatable bonds is 8. The summed E-state index contributed by atoms with van der Waals surface area (Å²) in [6.07, 6.45) is 1.54. The van der Waals surface area contributed by atoms with Crippen molar-refractivity contribution < 1.29 is 13.6 Å². The lowest BCUT2D eigenvalue weighted by molar-refractivity contribution is 0.0948. The van der Waals surface area contributed by atoms with Crippen molar-refractivity contribution in [2.75, 3.05) is 6.54 Å². The highest BCUT2D eigenvalue weighted by atomic mass is 32.2. The van der Waals surface area contributed by atoms with E-state index < -0.39 is 5.82 Å². The van der Waals surface area contributed by atoms with Crippen LogP contribution in [0.15, 0.2) is 76.5 Å². The standard InChI is InChI=1S/C24H23FN4O2S/c1-16(2)14-26-23(30)18-9-4-3-8-17(18)15-32-24-28-27-22(21-12-7-13-31-21)29(24)20-11-6-5-10-19(20)25/h3-13,16H,14-15H2,1-2H3,(H,26,30). The number of hydrogen-bond acceptors (Lipinski definition) is 5. The van der Waals surface area contributed by atoms with Gasteiger partial charge in [-0.25, -0.2) is 4.39 Å². The maximum Gasteiger partial charge on any atom is 0.251 e. The van der Waals surface area contributed by atoms with Gasteiger partial charge < -0.3 is 9.73 Å². The van der Waals surface area contributed by atoms with Gasteiger partial charge in [-0.1, -0.05) is 55.9 Å².